The smallest absolute Gasteiger partial charge is 0.161 e. The summed E-state index contributed by atoms with van der Waals surface area (Å²) < 4.78 is 11.1. The van der Waals surface area contributed by atoms with Crippen LogP contribution in [0, 0.1) is 11.3 Å². The van der Waals surface area contributed by atoms with Gasteiger partial charge in [-0.1, -0.05) is 6.07 Å². The van der Waals surface area contributed by atoms with E-state index in [1.807, 2.05) is 18.2 Å². The monoisotopic (exact) mass is 304 g/mol. The minimum Gasteiger partial charge on any atom is -0.493 e. The lowest BCUT2D eigenvalue weighted by Gasteiger charge is -2.23. The molecule has 1 aliphatic rings. The molecule has 22 heavy (non-hydrogen) atoms. The first kappa shape index (κ1) is 16.6. The summed E-state index contributed by atoms with van der Waals surface area (Å²) in [5.41, 5.74) is 1.15. The van der Waals surface area contributed by atoms with Crippen LogP contribution in [0.25, 0.3) is 0 Å². The Kier molecular flexibility index (Phi) is 6.50. The second-order valence-electron chi connectivity index (χ2n) is 5.54. The van der Waals surface area contributed by atoms with Gasteiger partial charge in [0.1, 0.15) is 0 Å². The van der Waals surface area contributed by atoms with E-state index in [4.69, 9.17) is 14.7 Å². The molecule has 5 heteroatoms. The van der Waals surface area contributed by atoms with Gasteiger partial charge in [0.05, 0.1) is 26.4 Å². The van der Waals surface area contributed by atoms with Gasteiger partial charge in [0.2, 0.25) is 0 Å². The quantitative estimate of drug-likeness (QED) is 0.747. The van der Waals surface area contributed by atoms with Crippen LogP contribution in [0.4, 0.5) is 0 Å². The molecule has 120 valence electrons. The first-order chi connectivity index (χ1) is 10.8. The van der Waals surface area contributed by atoms with Crippen molar-refractivity contribution < 1.29 is 14.6 Å². The molecular weight excluding hydrogens is 280 g/mol. The third-order valence-corrected chi connectivity index (χ3v) is 4.01. The van der Waals surface area contributed by atoms with Gasteiger partial charge in [-0.05, 0) is 43.5 Å². The van der Waals surface area contributed by atoms with Crippen LogP contribution in [0.3, 0.4) is 0 Å². The van der Waals surface area contributed by atoms with E-state index < -0.39 is 0 Å². The maximum absolute atomic E-state index is 9.41. The van der Waals surface area contributed by atoms with E-state index in [0.717, 1.165) is 37.2 Å². The second-order valence-corrected chi connectivity index (χ2v) is 5.54. The maximum atomic E-state index is 9.41. The Morgan fingerprint density at radius 1 is 1.41 bits per heavy atom. The highest BCUT2D eigenvalue weighted by atomic mass is 16.5. The van der Waals surface area contributed by atoms with Gasteiger partial charge in [0.25, 0.3) is 0 Å². The van der Waals surface area contributed by atoms with Gasteiger partial charge in [-0.2, -0.15) is 5.26 Å². The van der Waals surface area contributed by atoms with E-state index in [2.05, 4.69) is 11.0 Å². The van der Waals surface area contributed by atoms with Crippen LogP contribution < -0.4 is 9.47 Å². The fourth-order valence-electron chi connectivity index (χ4n) is 2.81. The zero-order valence-electron chi connectivity index (χ0n) is 13.1. The van der Waals surface area contributed by atoms with E-state index in [1.54, 1.807) is 7.11 Å². The van der Waals surface area contributed by atoms with Gasteiger partial charge >= 0.3 is 0 Å². The average Bonchev–Trinajstić information content (AvgIpc) is 2.99. The highest BCUT2D eigenvalue weighted by Gasteiger charge is 2.23. The number of methoxy groups -OCH3 is 1. The lowest BCUT2D eigenvalue weighted by Crippen LogP contribution is -2.31. The molecule has 1 aromatic carbocycles. The van der Waals surface area contributed by atoms with Crippen molar-refractivity contribution in [2.45, 2.75) is 38.3 Å². The van der Waals surface area contributed by atoms with Gasteiger partial charge in [-0.3, -0.25) is 4.90 Å². The van der Waals surface area contributed by atoms with Crippen LogP contribution in [-0.4, -0.2) is 42.9 Å². The molecule has 1 N–H and O–H groups in total. The third-order valence-electron chi connectivity index (χ3n) is 4.01. The number of aliphatic hydroxyl groups excluding tert-OH is 1. The minimum absolute atomic E-state index is 0.216. The summed E-state index contributed by atoms with van der Waals surface area (Å²) in [4.78, 5) is 2.31. The summed E-state index contributed by atoms with van der Waals surface area (Å²) in [5, 5.41) is 18.0. The van der Waals surface area contributed by atoms with Crippen LogP contribution in [-0.2, 0) is 6.54 Å². The SMILES string of the molecule is COc1ccc(CN2CCC[C@@H]2CO)cc1OCCCC#N. The molecule has 5 nitrogen and oxygen atoms in total. The number of ether oxygens (including phenoxy) is 2. The van der Waals surface area contributed by atoms with E-state index in [9.17, 15) is 5.11 Å². The highest BCUT2D eigenvalue weighted by molar-refractivity contribution is 5.43. The minimum atomic E-state index is 0.216. The van der Waals surface area contributed by atoms with Crippen LogP contribution in [0.5, 0.6) is 11.5 Å². The normalized spacial score (nSPS) is 18.1. The Morgan fingerprint density at radius 2 is 2.27 bits per heavy atom. The number of hydrogen-bond acceptors (Lipinski definition) is 5. The standard InChI is InChI=1S/C17H24N2O3/c1-21-16-7-6-14(11-17(16)22-10-3-2-8-18)12-19-9-4-5-15(19)13-20/h6-7,11,15,20H,2-5,9-10,12-13H2,1H3/t15-/m1/s1. The fraction of sp³-hybridized carbons (Fsp3) is 0.588. The van der Waals surface area contributed by atoms with Gasteiger partial charge in [0, 0.05) is 19.0 Å². The number of hydrogen-bond donors (Lipinski definition) is 1. The van der Waals surface area contributed by atoms with Crippen molar-refractivity contribution in [1.82, 2.24) is 4.90 Å². The molecule has 1 aliphatic heterocycles. The Bertz CT molecular complexity index is 513. The molecule has 1 heterocycles. The first-order valence-corrected chi connectivity index (χ1v) is 7.80. The van der Waals surface area contributed by atoms with Crippen LogP contribution in [0.15, 0.2) is 18.2 Å². The first-order valence-electron chi connectivity index (χ1n) is 7.80. The number of aliphatic hydroxyl groups is 1. The van der Waals surface area contributed by atoms with Gasteiger partial charge in [-0.15, -0.1) is 0 Å². The molecule has 0 spiro atoms. The molecule has 0 aromatic heterocycles. The van der Waals surface area contributed by atoms with E-state index >= 15 is 0 Å². The molecular formula is C17H24N2O3. The van der Waals surface area contributed by atoms with Gasteiger partial charge in [0.15, 0.2) is 11.5 Å². The molecule has 1 aromatic rings. The largest absolute Gasteiger partial charge is 0.493 e. The number of nitriles is 1. The molecule has 2 rings (SSSR count). The van der Waals surface area contributed by atoms with E-state index in [-0.39, 0.29) is 12.6 Å². The molecule has 1 atom stereocenters. The Balaban J connectivity index is 2.01. The molecule has 0 amide bonds. The zero-order valence-corrected chi connectivity index (χ0v) is 13.1. The second kappa shape index (κ2) is 8.62. The van der Waals surface area contributed by atoms with Crippen LogP contribution in [0.1, 0.15) is 31.2 Å². The highest BCUT2D eigenvalue weighted by Crippen LogP contribution is 2.30. The van der Waals surface area contributed by atoms with Crippen molar-refractivity contribution in [3.05, 3.63) is 23.8 Å². The van der Waals surface area contributed by atoms with E-state index in [0.29, 0.717) is 25.2 Å². The summed E-state index contributed by atoms with van der Waals surface area (Å²) in [7, 11) is 1.62. The predicted octanol–water partition coefficient (Wildman–Crippen LogP) is 2.33. The van der Waals surface area contributed by atoms with Crippen molar-refractivity contribution in [3.63, 3.8) is 0 Å². The lowest BCUT2D eigenvalue weighted by molar-refractivity contribution is 0.153. The lowest BCUT2D eigenvalue weighted by atomic mass is 10.1. The number of unbranched alkanes of at least 4 members (excludes halogenated alkanes) is 1. The van der Waals surface area contributed by atoms with Crippen molar-refractivity contribution in [3.8, 4) is 17.6 Å². The van der Waals surface area contributed by atoms with Gasteiger partial charge in [-0.25, -0.2) is 0 Å². The molecule has 0 bridgehead atoms. The molecule has 0 radical (unpaired) electrons. The van der Waals surface area contributed by atoms with Crippen LogP contribution >= 0.6 is 0 Å². The molecule has 0 unspecified atom stereocenters. The summed E-state index contributed by atoms with van der Waals surface area (Å²) in [5.74, 6) is 1.43. The Labute approximate surface area is 132 Å². The third kappa shape index (κ3) is 4.36. The maximum Gasteiger partial charge on any atom is 0.161 e. The summed E-state index contributed by atoms with van der Waals surface area (Å²) in [6, 6.07) is 8.33. The van der Waals surface area contributed by atoms with Crippen LogP contribution in [0.2, 0.25) is 0 Å². The molecule has 1 fully saturated rings. The number of likely N-dealkylation sites (tertiary alicyclic amines) is 1. The van der Waals surface area contributed by atoms with Gasteiger partial charge < -0.3 is 14.6 Å². The Morgan fingerprint density at radius 3 is 3.00 bits per heavy atom. The summed E-state index contributed by atoms with van der Waals surface area (Å²) >= 11 is 0. The van der Waals surface area contributed by atoms with Crippen molar-refractivity contribution in [2.75, 3.05) is 26.9 Å². The molecule has 0 aliphatic carbocycles. The van der Waals surface area contributed by atoms with Crippen molar-refractivity contribution in [1.29, 1.82) is 5.26 Å². The predicted molar refractivity (Wildman–Crippen MR) is 83.9 cm³/mol. The number of benzene rings is 1. The molecule has 1 saturated heterocycles. The van der Waals surface area contributed by atoms with Crippen molar-refractivity contribution in [2.24, 2.45) is 0 Å². The van der Waals surface area contributed by atoms with Crippen molar-refractivity contribution >= 4 is 0 Å². The zero-order chi connectivity index (χ0) is 15.8. The Hall–Kier alpha value is -1.77. The summed E-state index contributed by atoms with van der Waals surface area (Å²) in [6.45, 7) is 2.56. The number of rotatable bonds is 8. The topological polar surface area (TPSA) is 65.7 Å². The fourth-order valence-corrected chi connectivity index (χ4v) is 2.81. The average molecular weight is 304 g/mol. The van der Waals surface area contributed by atoms with E-state index in [1.165, 1.54) is 0 Å². The summed E-state index contributed by atoms with van der Waals surface area (Å²) in [6.07, 6.45) is 3.40. The molecule has 0 saturated carbocycles. The number of nitrogens with zero attached hydrogens (tertiary/aromatic N) is 2.